The number of aromatic nitrogens is 5. The van der Waals surface area contributed by atoms with E-state index in [9.17, 15) is 14.7 Å². The minimum Gasteiger partial charge on any atom is -0.481 e. The van der Waals surface area contributed by atoms with Crippen molar-refractivity contribution in [1.82, 2.24) is 29.4 Å². The van der Waals surface area contributed by atoms with Crippen LogP contribution in [0.5, 0.6) is 5.88 Å². The van der Waals surface area contributed by atoms with Gasteiger partial charge in [-0.15, -0.1) is 0 Å². The van der Waals surface area contributed by atoms with Crippen LogP contribution in [0.15, 0.2) is 52.1 Å². The van der Waals surface area contributed by atoms with Crippen LogP contribution in [-0.2, 0) is 25.3 Å². The van der Waals surface area contributed by atoms with Gasteiger partial charge in [0.2, 0.25) is 5.88 Å². The van der Waals surface area contributed by atoms with Gasteiger partial charge in [-0.1, -0.05) is 41.9 Å². The number of pyridine rings is 1. The van der Waals surface area contributed by atoms with Crippen molar-refractivity contribution in [2.75, 3.05) is 25.6 Å². The molecule has 1 fully saturated rings. The minimum atomic E-state index is -0.554. The summed E-state index contributed by atoms with van der Waals surface area (Å²) in [6.07, 6.45) is 1.91. The molecule has 4 heterocycles. The number of aryl methyl sites for hydroxylation is 3. The molecule has 3 N–H and O–H groups in total. The number of aliphatic hydroxyl groups is 1. The molecule has 1 saturated heterocycles. The Kier molecular flexibility index (Phi) is 8.74. The van der Waals surface area contributed by atoms with Gasteiger partial charge in [0, 0.05) is 55.2 Å². The van der Waals surface area contributed by atoms with Crippen molar-refractivity contribution in [3.63, 3.8) is 0 Å². The highest BCUT2D eigenvalue weighted by molar-refractivity contribution is 6.36. The second-order valence-electron chi connectivity index (χ2n) is 12.7. The fourth-order valence-corrected chi connectivity index (χ4v) is 7.35. The van der Waals surface area contributed by atoms with Gasteiger partial charge in [-0.05, 0) is 61.9 Å². The van der Waals surface area contributed by atoms with E-state index in [0.717, 1.165) is 62.9 Å². The van der Waals surface area contributed by atoms with Crippen molar-refractivity contribution in [2.45, 2.75) is 51.3 Å². The number of hydrogen-bond donors (Lipinski definition) is 3. The van der Waals surface area contributed by atoms with Gasteiger partial charge in [0.15, 0.2) is 5.65 Å². The Morgan fingerprint density at radius 2 is 1.76 bits per heavy atom. The van der Waals surface area contributed by atoms with Crippen LogP contribution in [0.1, 0.15) is 41.4 Å². The molecule has 13 heteroatoms. The normalized spacial score (nSPS) is 18.9. The van der Waals surface area contributed by atoms with E-state index in [-0.39, 0.29) is 23.1 Å². The van der Waals surface area contributed by atoms with Gasteiger partial charge < -0.3 is 25.2 Å². The molecule has 1 aliphatic heterocycles. The van der Waals surface area contributed by atoms with Crippen LogP contribution < -0.4 is 26.6 Å². The van der Waals surface area contributed by atoms with Gasteiger partial charge in [-0.25, -0.2) is 19.7 Å². The molecule has 1 aliphatic carbocycles. The summed E-state index contributed by atoms with van der Waals surface area (Å²) in [7, 11) is 4.65. The third-order valence-corrected chi connectivity index (χ3v) is 10.1. The van der Waals surface area contributed by atoms with E-state index in [4.69, 9.17) is 26.1 Å². The maximum atomic E-state index is 13.2. The number of fused-ring (bicyclic) bond motifs is 2. The van der Waals surface area contributed by atoms with Crippen LogP contribution in [0.25, 0.3) is 33.4 Å². The molecule has 0 radical (unpaired) electrons. The number of aliphatic hydroxyl groups excluding tert-OH is 1. The maximum absolute atomic E-state index is 13.2. The molecule has 0 saturated carbocycles. The standard InChI is InChI=1S/C36H38ClN7O5/c1-18-21(8-7-11-24(18)41-32-30-33(39-19(2)38-32)43(3)36(47)44(4)35(30)46)22-9-6-10-23(31(22)37)27-16-20-12-13-26(29(20)34(42-27)48-5)40-25-14-15-49-17-28(25)45/h6-11,16,25-26,28,40,45H,12-15,17H2,1-5H3,(H,38,39,41)/t25-,26+,28-/m1/s1. The molecule has 0 bridgehead atoms. The average Bonchev–Trinajstić information content (AvgIpc) is 3.50. The van der Waals surface area contributed by atoms with Crippen LogP contribution in [0.3, 0.4) is 0 Å². The molecule has 49 heavy (non-hydrogen) atoms. The molecule has 3 atom stereocenters. The van der Waals surface area contributed by atoms with Crippen LogP contribution in [0.4, 0.5) is 11.5 Å². The molecular formula is C36H38ClN7O5. The average molecular weight is 684 g/mol. The Hall–Kier alpha value is -4.62. The topological polar surface area (TPSA) is 145 Å². The smallest absolute Gasteiger partial charge is 0.332 e. The minimum absolute atomic E-state index is 0.0183. The van der Waals surface area contributed by atoms with Crippen LogP contribution in [0, 0.1) is 13.8 Å². The Labute approximate surface area is 287 Å². The van der Waals surface area contributed by atoms with Gasteiger partial charge in [0.25, 0.3) is 5.56 Å². The van der Waals surface area contributed by atoms with E-state index >= 15 is 0 Å². The summed E-state index contributed by atoms with van der Waals surface area (Å²) in [6, 6.07) is 13.8. The molecule has 5 aromatic rings. The summed E-state index contributed by atoms with van der Waals surface area (Å²) in [5.41, 5.74) is 6.28. The summed E-state index contributed by atoms with van der Waals surface area (Å²) in [6.45, 7) is 4.65. The van der Waals surface area contributed by atoms with Crippen molar-refractivity contribution in [3.8, 4) is 28.3 Å². The molecule has 2 aliphatic rings. The Balaban J connectivity index is 1.25. The van der Waals surface area contributed by atoms with E-state index in [1.807, 2.05) is 43.3 Å². The largest absolute Gasteiger partial charge is 0.481 e. The first-order valence-corrected chi connectivity index (χ1v) is 16.6. The van der Waals surface area contributed by atoms with E-state index in [1.54, 1.807) is 21.1 Å². The molecule has 12 nitrogen and oxygen atoms in total. The summed E-state index contributed by atoms with van der Waals surface area (Å²) >= 11 is 7.20. The number of methoxy groups -OCH3 is 1. The van der Waals surface area contributed by atoms with Gasteiger partial charge in [-0.3, -0.25) is 13.9 Å². The molecule has 254 valence electrons. The van der Waals surface area contributed by atoms with Crippen molar-refractivity contribution in [3.05, 3.63) is 90.8 Å². The van der Waals surface area contributed by atoms with Gasteiger partial charge in [0.05, 0.1) is 30.5 Å². The SMILES string of the molecule is COc1nc(-c2cccc(-c3cccc(Nc4nc(C)nc5c4c(=O)n(C)c(=O)n5C)c3C)c2Cl)cc2c1[C@@H](N[C@@H]1CCOC[C@H]1O)CC2. The van der Waals surface area contributed by atoms with Crippen LogP contribution in [0.2, 0.25) is 5.02 Å². The Morgan fingerprint density at radius 1 is 1.00 bits per heavy atom. The third kappa shape index (κ3) is 5.78. The summed E-state index contributed by atoms with van der Waals surface area (Å²) in [4.78, 5) is 39.7. The van der Waals surface area contributed by atoms with Crippen molar-refractivity contribution in [2.24, 2.45) is 14.1 Å². The van der Waals surface area contributed by atoms with E-state index in [2.05, 4.69) is 26.7 Å². The van der Waals surface area contributed by atoms with E-state index in [1.165, 1.54) is 11.6 Å². The van der Waals surface area contributed by atoms with Crippen LogP contribution in [-0.4, -0.2) is 61.7 Å². The lowest BCUT2D eigenvalue weighted by atomic mass is 9.96. The molecule has 0 unspecified atom stereocenters. The highest BCUT2D eigenvalue weighted by atomic mass is 35.5. The van der Waals surface area contributed by atoms with Gasteiger partial charge in [-0.2, -0.15) is 0 Å². The fraction of sp³-hybridized carbons (Fsp3) is 0.361. The first-order valence-electron chi connectivity index (χ1n) is 16.3. The van der Waals surface area contributed by atoms with E-state index in [0.29, 0.717) is 41.5 Å². The Bertz CT molecular complexity index is 2230. The second kappa shape index (κ2) is 13.0. The number of rotatable bonds is 7. The number of halogens is 1. The lowest BCUT2D eigenvalue weighted by Crippen LogP contribution is -2.47. The summed E-state index contributed by atoms with van der Waals surface area (Å²) in [5.74, 6) is 1.28. The molecular weight excluding hydrogens is 646 g/mol. The first kappa shape index (κ1) is 32.9. The fourth-order valence-electron chi connectivity index (χ4n) is 7.03. The lowest BCUT2D eigenvalue weighted by molar-refractivity contribution is -0.0304. The predicted molar refractivity (Wildman–Crippen MR) is 189 cm³/mol. The molecule has 2 aromatic carbocycles. The zero-order valence-corrected chi connectivity index (χ0v) is 28.8. The molecule has 0 amide bonds. The first-order chi connectivity index (χ1) is 23.6. The van der Waals surface area contributed by atoms with Gasteiger partial charge >= 0.3 is 5.69 Å². The van der Waals surface area contributed by atoms with Crippen molar-refractivity contribution < 1.29 is 14.6 Å². The number of benzene rings is 2. The molecule has 0 spiro atoms. The predicted octanol–water partition coefficient (Wildman–Crippen LogP) is 4.51. The summed E-state index contributed by atoms with van der Waals surface area (Å²) in [5, 5.41) is 18.2. The van der Waals surface area contributed by atoms with Crippen LogP contribution >= 0.6 is 11.6 Å². The summed E-state index contributed by atoms with van der Waals surface area (Å²) < 4.78 is 13.7. The molecule has 3 aromatic heterocycles. The number of anilines is 2. The van der Waals surface area contributed by atoms with Crippen molar-refractivity contribution in [1.29, 1.82) is 0 Å². The number of ether oxygens (including phenoxy) is 2. The lowest BCUT2D eigenvalue weighted by Gasteiger charge is -2.31. The highest BCUT2D eigenvalue weighted by Crippen LogP contribution is 2.43. The zero-order chi connectivity index (χ0) is 34.6. The maximum Gasteiger partial charge on any atom is 0.332 e. The van der Waals surface area contributed by atoms with Crippen molar-refractivity contribution >= 4 is 34.1 Å². The van der Waals surface area contributed by atoms with Gasteiger partial charge in [0.1, 0.15) is 17.0 Å². The number of nitrogens with zero attached hydrogens (tertiary/aromatic N) is 5. The Morgan fingerprint density at radius 3 is 2.53 bits per heavy atom. The second-order valence-corrected chi connectivity index (χ2v) is 13.1. The number of nitrogens with one attached hydrogen (secondary N) is 2. The third-order valence-electron chi connectivity index (χ3n) is 9.66. The monoisotopic (exact) mass is 683 g/mol. The van der Waals surface area contributed by atoms with E-state index < -0.39 is 17.4 Å². The highest BCUT2D eigenvalue weighted by Gasteiger charge is 2.33. The zero-order valence-electron chi connectivity index (χ0n) is 28.0. The molecule has 7 rings (SSSR count). The quantitative estimate of drug-likeness (QED) is 0.224. The number of hydrogen-bond acceptors (Lipinski definition) is 10.